The second-order valence-corrected chi connectivity index (χ2v) is 9.05. The zero-order valence-corrected chi connectivity index (χ0v) is 20.3. The fourth-order valence-corrected chi connectivity index (χ4v) is 4.14. The molecule has 2 aromatic carbocycles. The van der Waals surface area contributed by atoms with Gasteiger partial charge in [-0.05, 0) is 61.7 Å². The molecule has 1 N–H and O–H groups in total. The minimum Gasteiger partial charge on any atom is -0.497 e. The lowest BCUT2D eigenvalue weighted by molar-refractivity contribution is -0.142. The van der Waals surface area contributed by atoms with E-state index in [0.29, 0.717) is 18.0 Å². The molecule has 2 aromatic rings. The maximum absolute atomic E-state index is 13.2. The van der Waals surface area contributed by atoms with E-state index >= 15 is 0 Å². The van der Waals surface area contributed by atoms with Gasteiger partial charge in [0.05, 0.1) is 7.11 Å². The summed E-state index contributed by atoms with van der Waals surface area (Å²) in [6.45, 7) is 1.92. The Kier molecular flexibility index (Phi) is 8.97. The van der Waals surface area contributed by atoms with Gasteiger partial charge in [-0.1, -0.05) is 47.3 Å². The van der Waals surface area contributed by atoms with Gasteiger partial charge in [0.1, 0.15) is 17.5 Å². The molecule has 1 aliphatic rings. The average molecular weight is 503 g/mol. The van der Waals surface area contributed by atoms with Crippen LogP contribution in [0.15, 0.2) is 53.0 Å². The molecule has 0 aromatic heterocycles. The predicted molar refractivity (Wildman–Crippen MR) is 128 cm³/mol. The summed E-state index contributed by atoms with van der Waals surface area (Å²) in [6, 6.07) is 14.4. The largest absolute Gasteiger partial charge is 0.497 e. The van der Waals surface area contributed by atoms with Crippen LogP contribution >= 0.6 is 15.9 Å². The summed E-state index contributed by atoms with van der Waals surface area (Å²) in [5, 5.41) is 3.14. The summed E-state index contributed by atoms with van der Waals surface area (Å²) < 4.78 is 11.9. The van der Waals surface area contributed by atoms with Crippen molar-refractivity contribution in [2.24, 2.45) is 0 Å². The molecule has 0 unspecified atom stereocenters. The van der Waals surface area contributed by atoms with Crippen LogP contribution in [0.25, 0.3) is 0 Å². The van der Waals surface area contributed by atoms with E-state index in [4.69, 9.17) is 9.47 Å². The van der Waals surface area contributed by atoms with Crippen LogP contribution in [0.5, 0.6) is 11.5 Å². The summed E-state index contributed by atoms with van der Waals surface area (Å²) in [4.78, 5) is 27.7. The number of carbonyl (C=O) groups is 2. The first kappa shape index (κ1) is 24.1. The monoisotopic (exact) mass is 502 g/mol. The molecule has 0 radical (unpaired) electrons. The second-order valence-electron chi connectivity index (χ2n) is 8.14. The van der Waals surface area contributed by atoms with Crippen LogP contribution in [0, 0.1) is 0 Å². The van der Waals surface area contributed by atoms with Gasteiger partial charge >= 0.3 is 0 Å². The molecule has 6 nitrogen and oxygen atoms in total. The zero-order chi connectivity index (χ0) is 22.9. The summed E-state index contributed by atoms with van der Waals surface area (Å²) in [7, 11) is 1.61. The van der Waals surface area contributed by atoms with Crippen LogP contribution in [0.3, 0.4) is 0 Å². The Morgan fingerprint density at radius 3 is 2.50 bits per heavy atom. The third-order valence-electron chi connectivity index (χ3n) is 5.78. The van der Waals surface area contributed by atoms with E-state index in [9.17, 15) is 9.59 Å². The molecule has 0 heterocycles. The summed E-state index contributed by atoms with van der Waals surface area (Å²) >= 11 is 3.39. The topological polar surface area (TPSA) is 67.9 Å². The Labute approximate surface area is 198 Å². The Morgan fingerprint density at radius 1 is 1.09 bits per heavy atom. The number of rotatable bonds is 9. The number of ether oxygens (including phenoxy) is 2. The van der Waals surface area contributed by atoms with Gasteiger partial charge < -0.3 is 19.7 Å². The van der Waals surface area contributed by atoms with Crippen molar-refractivity contribution in [2.45, 2.75) is 57.7 Å². The predicted octanol–water partition coefficient (Wildman–Crippen LogP) is 4.70. The van der Waals surface area contributed by atoms with Gasteiger partial charge in [-0.15, -0.1) is 0 Å². The molecule has 1 fully saturated rings. The van der Waals surface area contributed by atoms with Crippen LogP contribution in [0.4, 0.5) is 0 Å². The first-order valence-electron chi connectivity index (χ1n) is 11.1. The van der Waals surface area contributed by atoms with Crippen molar-refractivity contribution in [3.05, 3.63) is 58.6 Å². The average Bonchev–Trinajstić information content (AvgIpc) is 2.82. The lowest BCUT2D eigenvalue weighted by atomic mass is 9.95. The first-order chi connectivity index (χ1) is 15.5. The van der Waals surface area contributed by atoms with Crippen molar-refractivity contribution in [1.82, 2.24) is 10.2 Å². The van der Waals surface area contributed by atoms with Crippen LogP contribution in [0.1, 0.15) is 44.6 Å². The normalized spacial score (nSPS) is 15.0. The van der Waals surface area contributed by atoms with Crippen LogP contribution in [0.2, 0.25) is 0 Å². The summed E-state index contributed by atoms with van der Waals surface area (Å²) in [5.74, 6) is 0.932. The molecule has 1 saturated carbocycles. The molecule has 1 atom stereocenters. The maximum atomic E-state index is 13.2. The highest BCUT2D eigenvalue weighted by Gasteiger charge is 2.28. The number of hydrogen-bond donors (Lipinski definition) is 1. The fourth-order valence-electron chi connectivity index (χ4n) is 3.88. The van der Waals surface area contributed by atoms with Crippen LogP contribution in [-0.4, -0.2) is 42.5 Å². The summed E-state index contributed by atoms with van der Waals surface area (Å²) in [5.41, 5.74) is 0.888. The fraction of sp³-hybridized carbons (Fsp3) is 0.440. The van der Waals surface area contributed by atoms with Gasteiger partial charge in [-0.25, -0.2) is 0 Å². The molecule has 0 spiro atoms. The van der Waals surface area contributed by atoms with Crippen LogP contribution in [-0.2, 0) is 16.1 Å². The molecular weight excluding hydrogens is 472 g/mol. The smallest absolute Gasteiger partial charge is 0.261 e. The lowest BCUT2D eigenvalue weighted by Crippen LogP contribution is -2.51. The van der Waals surface area contributed by atoms with Crippen molar-refractivity contribution in [1.29, 1.82) is 0 Å². The van der Waals surface area contributed by atoms with Crippen molar-refractivity contribution >= 4 is 27.7 Å². The van der Waals surface area contributed by atoms with E-state index in [1.165, 1.54) is 6.42 Å². The molecular formula is C25H31BrN2O4. The third kappa shape index (κ3) is 6.99. The Hall–Kier alpha value is -2.54. The number of hydrogen-bond acceptors (Lipinski definition) is 4. The highest BCUT2D eigenvalue weighted by Crippen LogP contribution is 2.20. The lowest BCUT2D eigenvalue weighted by Gasteiger charge is -2.31. The number of amides is 2. The van der Waals surface area contributed by atoms with E-state index in [1.54, 1.807) is 31.1 Å². The van der Waals surface area contributed by atoms with Gasteiger partial charge in [0.2, 0.25) is 5.91 Å². The standard InChI is InChI=1S/C25H31BrN2O4/c1-18(25(30)27-21-8-4-3-5-9-21)28(16-19-7-6-10-23(15-19)31-2)24(29)17-32-22-13-11-20(26)12-14-22/h6-7,10-15,18,21H,3-5,8-9,16-17H2,1-2H3,(H,27,30)/t18-/m0/s1. The molecule has 0 bridgehead atoms. The molecule has 0 aliphatic heterocycles. The van der Waals surface area contributed by atoms with Crippen molar-refractivity contribution in [3.63, 3.8) is 0 Å². The molecule has 3 rings (SSSR count). The molecule has 172 valence electrons. The van der Waals surface area contributed by atoms with Crippen molar-refractivity contribution in [2.75, 3.05) is 13.7 Å². The molecule has 7 heteroatoms. The van der Waals surface area contributed by atoms with E-state index in [2.05, 4.69) is 21.2 Å². The highest BCUT2D eigenvalue weighted by molar-refractivity contribution is 9.10. The van der Waals surface area contributed by atoms with Gasteiger partial charge in [0, 0.05) is 17.1 Å². The SMILES string of the molecule is COc1cccc(CN(C(=O)COc2ccc(Br)cc2)[C@@H](C)C(=O)NC2CCCCC2)c1. The van der Waals surface area contributed by atoms with Crippen LogP contribution < -0.4 is 14.8 Å². The minimum atomic E-state index is -0.621. The second kappa shape index (κ2) is 11.9. The number of carbonyl (C=O) groups excluding carboxylic acids is 2. The molecule has 1 aliphatic carbocycles. The Morgan fingerprint density at radius 2 is 1.81 bits per heavy atom. The number of halogens is 1. The number of nitrogens with one attached hydrogen (secondary N) is 1. The third-order valence-corrected chi connectivity index (χ3v) is 6.31. The number of methoxy groups -OCH3 is 1. The minimum absolute atomic E-state index is 0.128. The van der Waals surface area contributed by atoms with E-state index in [0.717, 1.165) is 35.7 Å². The highest BCUT2D eigenvalue weighted by atomic mass is 79.9. The van der Waals surface area contributed by atoms with Gasteiger partial charge in [-0.2, -0.15) is 0 Å². The molecule has 0 saturated heterocycles. The molecule has 32 heavy (non-hydrogen) atoms. The van der Waals surface area contributed by atoms with Crippen molar-refractivity contribution < 1.29 is 19.1 Å². The summed E-state index contributed by atoms with van der Waals surface area (Å²) in [6.07, 6.45) is 5.47. The van der Waals surface area contributed by atoms with Crippen molar-refractivity contribution in [3.8, 4) is 11.5 Å². The number of benzene rings is 2. The quantitative estimate of drug-likeness (QED) is 0.539. The number of nitrogens with zero attached hydrogens (tertiary/aromatic N) is 1. The van der Waals surface area contributed by atoms with Gasteiger partial charge in [-0.3, -0.25) is 9.59 Å². The Balaban J connectivity index is 1.71. The molecule has 2 amide bonds. The van der Waals surface area contributed by atoms with Gasteiger partial charge in [0.15, 0.2) is 6.61 Å². The zero-order valence-electron chi connectivity index (χ0n) is 18.7. The Bertz CT molecular complexity index is 897. The van der Waals surface area contributed by atoms with E-state index in [-0.39, 0.29) is 24.5 Å². The maximum Gasteiger partial charge on any atom is 0.261 e. The van der Waals surface area contributed by atoms with E-state index < -0.39 is 6.04 Å². The van der Waals surface area contributed by atoms with E-state index in [1.807, 2.05) is 36.4 Å². The first-order valence-corrected chi connectivity index (χ1v) is 11.9. The van der Waals surface area contributed by atoms with Gasteiger partial charge in [0.25, 0.3) is 5.91 Å².